The molecule has 0 aliphatic carbocycles. The standard InChI is InChI=1S/C15H22F3N/c1-4-5-10-14(19-11(2)3)12-8-6-7-9-13(12)15(16,17)18/h6-9,11,14,19H,4-5,10H2,1-3H3. The van der Waals surface area contributed by atoms with Gasteiger partial charge in [0.25, 0.3) is 0 Å². The SMILES string of the molecule is CCCCC(NC(C)C)c1ccccc1C(F)(F)F. The molecule has 19 heavy (non-hydrogen) atoms. The summed E-state index contributed by atoms with van der Waals surface area (Å²) in [5.74, 6) is 0. The summed E-state index contributed by atoms with van der Waals surface area (Å²) in [6, 6.07) is 5.78. The highest BCUT2D eigenvalue weighted by Crippen LogP contribution is 2.35. The molecule has 0 saturated carbocycles. The Morgan fingerprint density at radius 2 is 1.79 bits per heavy atom. The minimum absolute atomic E-state index is 0.156. The Bertz CT molecular complexity index is 385. The van der Waals surface area contributed by atoms with Gasteiger partial charge in [-0.15, -0.1) is 0 Å². The lowest BCUT2D eigenvalue weighted by molar-refractivity contribution is -0.138. The van der Waals surface area contributed by atoms with Crippen molar-refractivity contribution >= 4 is 0 Å². The molecule has 1 aromatic rings. The Hall–Kier alpha value is -1.03. The Morgan fingerprint density at radius 1 is 1.16 bits per heavy atom. The number of hydrogen-bond acceptors (Lipinski definition) is 1. The van der Waals surface area contributed by atoms with Crippen LogP contribution in [0, 0.1) is 0 Å². The fourth-order valence-electron chi connectivity index (χ4n) is 2.20. The number of unbranched alkanes of at least 4 members (excludes halogenated alkanes) is 1. The summed E-state index contributed by atoms with van der Waals surface area (Å²) in [4.78, 5) is 0. The molecule has 1 atom stereocenters. The van der Waals surface area contributed by atoms with E-state index in [4.69, 9.17) is 0 Å². The molecule has 0 amide bonds. The topological polar surface area (TPSA) is 12.0 Å². The van der Waals surface area contributed by atoms with E-state index in [-0.39, 0.29) is 12.1 Å². The molecule has 0 aliphatic rings. The second-order valence-corrected chi connectivity index (χ2v) is 5.10. The van der Waals surface area contributed by atoms with Gasteiger partial charge >= 0.3 is 6.18 Å². The molecule has 0 fully saturated rings. The summed E-state index contributed by atoms with van der Waals surface area (Å²) < 4.78 is 39.1. The summed E-state index contributed by atoms with van der Waals surface area (Å²) >= 11 is 0. The molecule has 1 unspecified atom stereocenters. The van der Waals surface area contributed by atoms with Crippen molar-refractivity contribution in [2.45, 2.75) is 58.3 Å². The van der Waals surface area contributed by atoms with Gasteiger partial charge in [-0.25, -0.2) is 0 Å². The van der Waals surface area contributed by atoms with Crippen molar-refractivity contribution in [3.05, 3.63) is 35.4 Å². The zero-order chi connectivity index (χ0) is 14.5. The number of benzene rings is 1. The normalized spacial score (nSPS) is 13.8. The summed E-state index contributed by atoms with van der Waals surface area (Å²) in [6.45, 7) is 5.95. The van der Waals surface area contributed by atoms with Gasteiger partial charge in [-0.3, -0.25) is 0 Å². The second-order valence-electron chi connectivity index (χ2n) is 5.10. The van der Waals surface area contributed by atoms with Crippen LogP contribution in [0.15, 0.2) is 24.3 Å². The van der Waals surface area contributed by atoms with Gasteiger partial charge in [-0.05, 0) is 18.1 Å². The Morgan fingerprint density at radius 3 is 2.32 bits per heavy atom. The number of rotatable bonds is 6. The van der Waals surface area contributed by atoms with E-state index in [2.05, 4.69) is 5.32 Å². The van der Waals surface area contributed by atoms with Crippen molar-refractivity contribution in [3.8, 4) is 0 Å². The quantitative estimate of drug-likeness (QED) is 0.774. The molecular formula is C15H22F3N. The Labute approximate surface area is 113 Å². The van der Waals surface area contributed by atoms with Gasteiger partial charge in [-0.2, -0.15) is 13.2 Å². The van der Waals surface area contributed by atoms with Crippen LogP contribution >= 0.6 is 0 Å². The highest BCUT2D eigenvalue weighted by molar-refractivity contribution is 5.32. The minimum Gasteiger partial charge on any atom is -0.308 e. The maximum absolute atomic E-state index is 13.0. The number of hydrogen-bond donors (Lipinski definition) is 1. The molecule has 0 heterocycles. The molecule has 0 spiro atoms. The zero-order valence-electron chi connectivity index (χ0n) is 11.7. The second kappa shape index (κ2) is 6.94. The monoisotopic (exact) mass is 273 g/mol. The van der Waals surface area contributed by atoms with Crippen LogP contribution in [0.4, 0.5) is 13.2 Å². The van der Waals surface area contributed by atoms with Gasteiger partial charge in [-0.1, -0.05) is 51.8 Å². The van der Waals surface area contributed by atoms with E-state index in [1.54, 1.807) is 12.1 Å². The molecule has 0 aromatic heterocycles. The molecule has 0 saturated heterocycles. The average molecular weight is 273 g/mol. The van der Waals surface area contributed by atoms with E-state index in [0.29, 0.717) is 5.56 Å². The van der Waals surface area contributed by atoms with E-state index < -0.39 is 11.7 Å². The predicted octanol–water partition coefficient (Wildman–Crippen LogP) is 4.93. The van der Waals surface area contributed by atoms with Gasteiger partial charge in [0.05, 0.1) is 5.56 Å². The molecule has 108 valence electrons. The number of nitrogens with one attached hydrogen (secondary N) is 1. The molecular weight excluding hydrogens is 251 g/mol. The van der Waals surface area contributed by atoms with Crippen molar-refractivity contribution in [1.82, 2.24) is 5.32 Å². The third-order valence-electron chi connectivity index (χ3n) is 3.02. The van der Waals surface area contributed by atoms with Crippen LogP contribution in [0.5, 0.6) is 0 Å². The van der Waals surface area contributed by atoms with Crippen LogP contribution in [-0.4, -0.2) is 6.04 Å². The maximum Gasteiger partial charge on any atom is 0.416 e. The summed E-state index contributed by atoms with van der Waals surface area (Å²) in [5.41, 5.74) is -0.165. The summed E-state index contributed by atoms with van der Waals surface area (Å²) in [6.07, 6.45) is -1.68. The van der Waals surface area contributed by atoms with E-state index in [1.807, 2.05) is 20.8 Å². The molecule has 4 heteroatoms. The van der Waals surface area contributed by atoms with Crippen LogP contribution in [0.2, 0.25) is 0 Å². The number of alkyl halides is 3. The zero-order valence-corrected chi connectivity index (χ0v) is 11.7. The van der Waals surface area contributed by atoms with Crippen LogP contribution in [0.25, 0.3) is 0 Å². The Kier molecular flexibility index (Phi) is 5.85. The van der Waals surface area contributed by atoms with Crippen LogP contribution in [0.1, 0.15) is 57.2 Å². The first kappa shape index (κ1) is 16.0. The van der Waals surface area contributed by atoms with Crippen molar-refractivity contribution in [2.24, 2.45) is 0 Å². The van der Waals surface area contributed by atoms with Crippen molar-refractivity contribution in [2.75, 3.05) is 0 Å². The number of halogens is 3. The van der Waals surface area contributed by atoms with Crippen LogP contribution < -0.4 is 5.32 Å². The minimum atomic E-state index is -4.29. The lowest BCUT2D eigenvalue weighted by Gasteiger charge is -2.25. The molecule has 1 rings (SSSR count). The summed E-state index contributed by atoms with van der Waals surface area (Å²) in [5, 5.41) is 3.24. The van der Waals surface area contributed by atoms with E-state index in [0.717, 1.165) is 25.3 Å². The highest BCUT2D eigenvalue weighted by atomic mass is 19.4. The molecule has 0 aliphatic heterocycles. The van der Waals surface area contributed by atoms with Crippen molar-refractivity contribution in [1.29, 1.82) is 0 Å². The van der Waals surface area contributed by atoms with Crippen LogP contribution in [0.3, 0.4) is 0 Å². The predicted molar refractivity (Wildman–Crippen MR) is 72.0 cm³/mol. The molecule has 1 nitrogen and oxygen atoms in total. The summed E-state index contributed by atoms with van der Waals surface area (Å²) in [7, 11) is 0. The third-order valence-corrected chi connectivity index (χ3v) is 3.02. The largest absolute Gasteiger partial charge is 0.416 e. The third kappa shape index (κ3) is 4.86. The van der Waals surface area contributed by atoms with Gasteiger partial charge in [0, 0.05) is 12.1 Å². The smallest absolute Gasteiger partial charge is 0.308 e. The lowest BCUT2D eigenvalue weighted by atomic mass is 9.95. The van der Waals surface area contributed by atoms with Crippen molar-refractivity contribution in [3.63, 3.8) is 0 Å². The first-order valence-electron chi connectivity index (χ1n) is 6.78. The van der Waals surface area contributed by atoms with Crippen LogP contribution in [-0.2, 0) is 6.18 Å². The molecule has 0 bridgehead atoms. The van der Waals surface area contributed by atoms with Gasteiger partial charge < -0.3 is 5.32 Å². The van der Waals surface area contributed by atoms with Gasteiger partial charge in [0.15, 0.2) is 0 Å². The molecule has 1 aromatic carbocycles. The van der Waals surface area contributed by atoms with E-state index in [9.17, 15) is 13.2 Å². The fraction of sp³-hybridized carbons (Fsp3) is 0.600. The van der Waals surface area contributed by atoms with E-state index in [1.165, 1.54) is 6.07 Å². The van der Waals surface area contributed by atoms with Gasteiger partial charge in [0.1, 0.15) is 0 Å². The first-order chi connectivity index (χ1) is 8.86. The maximum atomic E-state index is 13.0. The first-order valence-corrected chi connectivity index (χ1v) is 6.78. The highest BCUT2D eigenvalue weighted by Gasteiger charge is 2.34. The fourth-order valence-corrected chi connectivity index (χ4v) is 2.20. The van der Waals surface area contributed by atoms with Crippen molar-refractivity contribution < 1.29 is 13.2 Å². The Balaban J connectivity index is 3.07. The molecule has 1 N–H and O–H groups in total. The lowest BCUT2D eigenvalue weighted by Crippen LogP contribution is -2.29. The average Bonchev–Trinajstić information content (AvgIpc) is 2.33. The van der Waals surface area contributed by atoms with Gasteiger partial charge in [0.2, 0.25) is 0 Å². The molecule has 0 radical (unpaired) electrons. The van der Waals surface area contributed by atoms with E-state index >= 15 is 0 Å².